The van der Waals surface area contributed by atoms with Crippen molar-refractivity contribution in [2.45, 2.75) is 11.8 Å². The Hall–Kier alpha value is -2.20. The highest BCUT2D eigenvalue weighted by Crippen LogP contribution is 2.40. The van der Waals surface area contributed by atoms with E-state index < -0.39 is 29.6 Å². The van der Waals surface area contributed by atoms with Crippen LogP contribution in [-0.2, 0) is 9.53 Å². The Labute approximate surface area is 134 Å². The van der Waals surface area contributed by atoms with Gasteiger partial charge >= 0.3 is 12.2 Å². The molecule has 0 radical (unpaired) electrons. The number of alkyl halides is 3. The third kappa shape index (κ3) is 2.42. The normalized spacial score (nSPS) is 25.9. The molecule has 0 spiro atoms. The molecule has 0 bridgehead atoms. The molecule has 2 fully saturated rings. The quantitative estimate of drug-likeness (QED) is 0.650. The first-order valence-electron chi connectivity index (χ1n) is 7.09. The van der Waals surface area contributed by atoms with Gasteiger partial charge in [-0.2, -0.15) is 13.2 Å². The van der Waals surface area contributed by atoms with Crippen molar-refractivity contribution in [3.63, 3.8) is 0 Å². The number of nitrogens with one attached hydrogen (secondary N) is 1. The molecule has 1 aromatic rings. The predicted octanol–water partition coefficient (Wildman–Crippen LogP) is 1.47. The fourth-order valence-corrected chi connectivity index (χ4v) is 2.83. The third-order valence-corrected chi connectivity index (χ3v) is 3.98. The van der Waals surface area contributed by atoms with Gasteiger partial charge < -0.3 is 10.1 Å². The SMILES string of the molecule is O=C1NC(N2CCOCC2)(C(F)(F)F)C(=O)N1c1ccc(F)cc1. The third-order valence-electron chi connectivity index (χ3n) is 3.98. The van der Waals surface area contributed by atoms with Gasteiger partial charge in [0.05, 0.1) is 18.9 Å². The van der Waals surface area contributed by atoms with Crippen molar-refractivity contribution in [3.8, 4) is 0 Å². The van der Waals surface area contributed by atoms with Gasteiger partial charge in [-0.25, -0.2) is 14.1 Å². The molecule has 24 heavy (non-hydrogen) atoms. The Bertz CT molecular complexity index is 658. The minimum absolute atomic E-state index is 0.0114. The number of imide groups is 1. The Morgan fingerprint density at radius 2 is 1.67 bits per heavy atom. The van der Waals surface area contributed by atoms with E-state index in [0.717, 1.165) is 29.2 Å². The standard InChI is InChI=1S/C14H13F4N3O3/c15-9-1-3-10(4-2-9)21-11(22)13(14(16,17)18,19-12(21)23)20-5-7-24-8-6-20/h1-4H,5-8H2,(H,19,23). The Morgan fingerprint density at radius 3 is 2.21 bits per heavy atom. The summed E-state index contributed by atoms with van der Waals surface area (Å²) in [6.45, 7) is -0.305. The van der Waals surface area contributed by atoms with Crippen LogP contribution in [0.2, 0.25) is 0 Å². The molecule has 1 atom stereocenters. The van der Waals surface area contributed by atoms with Crippen LogP contribution in [0.5, 0.6) is 0 Å². The van der Waals surface area contributed by atoms with Crippen LogP contribution < -0.4 is 10.2 Å². The summed E-state index contributed by atoms with van der Waals surface area (Å²) in [6, 6.07) is 2.84. The van der Waals surface area contributed by atoms with E-state index >= 15 is 0 Å². The molecule has 130 valence electrons. The first kappa shape index (κ1) is 16.7. The smallest absolute Gasteiger partial charge is 0.379 e. The van der Waals surface area contributed by atoms with E-state index in [4.69, 9.17) is 4.74 Å². The summed E-state index contributed by atoms with van der Waals surface area (Å²) in [5, 5.41) is 1.78. The van der Waals surface area contributed by atoms with Crippen LogP contribution >= 0.6 is 0 Å². The molecule has 1 N–H and O–H groups in total. The molecule has 2 saturated heterocycles. The fraction of sp³-hybridized carbons (Fsp3) is 0.429. The number of ether oxygens (including phenoxy) is 1. The summed E-state index contributed by atoms with van der Waals surface area (Å²) < 4.78 is 59.3. The first-order chi connectivity index (χ1) is 11.3. The highest BCUT2D eigenvalue weighted by molar-refractivity contribution is 6.23. The number of hydrogen-bond acceptors (Lipinski definition) is 4. The van der Waals surface area contributed by atoms with Crippen LogP contribution in [0.3, 0.4) is 0 Å². The van der Waals surface area contributed by atoms with Crippen molar-refractivity contribution in [2.24, 2.45) is 0 Å². The second-order valence-corrected chi connectivity index (χ2v) is 5.35. The molecule has 0 aromatic heterocycles. The lowest BCUT2D eigenvalue weighted by molar-refractivity contribution is -0.236. The molecule has 2 heterocycles. The van der Waals surface area contributed by atoms with Crippen LogP contribution in [0, 0.1) is 5.82 Å². The molecule has 1 aromatic carbocycles. The van der Waals surface area contributed by atoms with Gasteiger partial charge in [0.2, 0.25) is 0 Å². The van der Waals surface area contributed by atoms with Crippen LogP contribution in [-0.4, -0.2) is 55.0 Å². The van der Waals surface area contributed by atoms with Gasteiger partial charge in [0.25, 0.3) is 11.6 Å². The maximum absolute atomic E-state index is 13.8. The fourth-order valence-electron chi connectivity index (χ4n) is 2.83. The van der Waals surface area contributed by atoms with E-state index in [1.54, 1.807) is 5.32 Å². The topological polar surface area (TPSA) is 61.9 Å². The molecule has 0 aliphatic carbocycles. The lowest BCUT2D eigenvalue weighted by atomic mass is 10.1. The lowest BCUT2D eigenvalue weighted by Crippen LogP contribution is -2.71. The number of urea groups is 1. The van der Waals surface area contributed by atoms with Crippen LogP contribution in [0.25, 0.3) is 0 Å². The number of benzene rings is 1. The summed E-state index contributed by atoms with van der Waals surface area (Å²) in [5.74, 6) is -2.10. The second kappa shape index (κ2) is 5.71. The van der Waals surface area contributed by atoms with Crippen molar-refractivity contribution >= 4 is 17.6 Å². The maximum Gasteiger partial charge on any atom is 0.434 e. The molecule has 6 nitrogen and oxygen atoms in total. The molecule has 10 heteroatoms. The number of hydrogen-bond donors (Lipinski definition) is 1. The Morgan fingerprint density at radius 1 is 1.08 bits per heavy atom. The van der Waals surface area contributed by atoms with Gasteiger partial charge in [-0.3, -0.25) is 9.69 Å². The lowest BCUT2D eigenvalue weighted by Gasteiger charge is -2.41. The van der Waals surface area contributed by atoms with Gasteiger partial charge in [-0.05, 0) is 24.3 Å². The minimum Gasteiger partial charge on any atom is -0.379 e. The van der Waals surface area contributed by atoms with E-state index in [2.05, 4.69) is 0 Å². The second-order valence-electron chi connectivity index (χ2n) is 5.35. The molecule has 2 aliphatic heterocycles. The van der Waals surface area contributed by atoms with Gasteiger partial charge in [-0.1, -0.05) is 0 Å². The number of anilines is 1. The van der Waals surface area contributed by atoms with E-state index in [1.165, 1.54) is 0 Å². The Balaban J connectivity index is 2.03. The molecular weight excluding hydrogens is 334 g/mol. The van der Waals surface area contributed by atoms with Crippen molar-refractivity contribution < 1.29 is 31.9 Å². The molecule has 1 unspecified atom stereocenters. The summed E-state index contributed by atoms with van der Waals surface area (Å²) in [6.07, 6.45) is -5.04. The highest BCUT2D eigenvalue weighted by atomic mass is 19.4. The van der Waals surface area contributed by atoms with Gasteiger partial charge in [0.15, 0.2) is 0 Å². The number of amides is 3. The minimum atomic E-state index is -5.04. The first-order valence-corrected chi connectivity index (χ1v) is 7.09. The van der Waals surface area contributed by atoms with Crippen molar-refractivity contribution in [1.29, 1.82) is 0 Å². The zero-order chi connectivity index (χ0) is 17.5. The zero-order valence-electron chi connectivity index (χ0n) is 12.3. The Kier molecular flexibility index (Phi) is 3.96. The van der Waals surface area contributed by atoms with Crippen LogP contribution in [0.15, 0.2) is 24.3 Å². The van der Waals surface area contributed by atoms with Crippen LogP contribution in [0.1, 0.15) is 0 Å². The highest BCUT2D eigenvalue weighted by Gasteiger charge is 2.71. The number of carbonyl (C=O) groups excluding carboxylic acids is 2. The molecule has 3 amide bonds. The van der Waals surface area contributed by atoms with E-state index in [1.807, 2.05) is 0 Å². The van der Waals surface area contributed by atoms with Crippen LogP contribution in [0.4, 0.5) is 28.0 Å². The molecule has 2 aliphatic rings. The van der Waals surface area contributed by atoms with Crippen molar-refractivity contribution in [1.82, 2.24) is 10.2 Å². The average molecular weight is 347 g/mol. The van der Waals surface area contributed by atoms with Gasteiger partial charge in [0, 0.05) is 13.1 Å². The van der Waals surface area contributed by atoms with E-state index in [9.17, 15) is 27.2 Å². The van der Waals surface area contributed by atoms with Gasteiger partial charge in [0.1, 0.15) is 5.82 Å². The molecule has 3 rings (SSSR count). The number of morpholine rings is 1. The summed E-state index contributed by atoms with van der Waals surface area (Å²) in [7, 11) is 0. The zero-order valence-corrected chi connectivity index (χ0v) is 12.3. The summed E-state index contributed by atoms with van der Waals surface area (Å²) >= 11 is 0. The van der Waals surface area contributed by atoms with Crippen molar-refractivity contribution in [3.05, 3.63) is 30.1 Å². The monoisotopic (exact) mass is 347 g/mol. The van der Waals surface area contributed by atoms with Gasteiger partial charge in [-0.15, -0.1) is 0 Å². The predicted molar refractivity (Wildman–Crippen MR) is 73.6 cm³/mol. The summed E-state index contributed by atoms with van der Waals surface area (Å²) in [4.78, 5) is 26.0. The van der Waals surface area contributed by atoms with E-state index in [-0.39, 0.29) is 32.0 Å². The maximum atomic E-state index is 13.8. The number of rotatable bonds is 2. The molecular formula is C14H13F4N3O3. The van der Waals surface area contributed by atoms with Crippen molar-refractivity contribution in [2.75, 3.05) is 31.2 Å². The number of nitrogens with zero attached hydrogens (tertiary/aromatic N) is 2. The molecule has 0 saturated carbocycles. The van der Waals surface area contributed by atoms with E-state index in [0.29, 0.717) is 4.90 Å². The number of halogens is 4. The largest absolute Gasteiger partial charge is 0.434 e. The number of carbonyl (C=O) groups is 2. The summed E-state index contributed by atoms with van der Waals surface area (Å²) in [5.41, 5.74) is -3.29. The average Bonchev–Trinajstić information content (AvgIpc) is 2.81.